The van der Waals surface area contributed by atoms with Crippen LogP contribution in [0.2, 0.25) is 0 Å². The van der Waals surface area contributed by atoms with Gasteiger partial charge in [0.1, 0.15) is 5.75 Å². The van der Waals surface area contributed by atoms with Gasteiger partial charge in [0.25, 0.3) is 5.91 Å². The first-order valence-electron chi connectivity index (χ1n) is 6.27. The Morgan fingerprint density at radius 1 is 1.19 bits per heavy atom. The maximum absolute atomic E-state index is 11.5. The van der Waals surface area contributed by atoms with Crippen LogP contribution in [-0.2, 0) is 4.79 Å². The average molecular weight is 286 g/mol. The molecule has 0 radical (unpaired) electrons. The van der Waals surface area contributed by atoms with Crippen LogP contribution in [0.3, 0.4) is 0 Å². The second-order valence-corrected chi connectivity index (χ2v) is 4.23. The highest BCUT2D eigenvalue weighted by Gasteiger charge is 2.11. The van der Waals surface area contributed by atoms with Crippen molar-refractivity contribution in [3.8, 4) is 5.75 Å². The van der Waals surface area contributed by atoms with Gasteiger partial charge >= 0.3 is 6.03 Å². The van der Waals surface area contributed by atoms with Crippen molar-refractivity contribution in [3.63, 3.8) is 0 Å². The molecule has 0 atom stereocenters. The van der Waals surface area contributed by atoms with E-state index in [1.807, 2.05) is 18.2 Å². The number of fused-ring (bicyclic) bond motifs is 1. The van der Waals surface area contributed by atoms with Crippen molar-refractivity contribution in [1.82, 2.24) is 10.6 Å². The summed E-state index contributed by atoms with van der Waals surface area (Å²) in [7, 11) is 1.40. The molecule has 0 fully saturated rings. The number of hydrogen-bond donors (Lipinski definition) is 2. The fourth-order valence-corrected chi connectivity index (χ4v) is 1.89. The molecule has 0 aromatic heterocycles. The maximum Gasteiger partial charge on any atom is 0.321 e. The van der Waals surface area contributed by atoms with Crippen LogP contribution in [0.15, 0.2) is 36.4 Å². The van der Waals surface area contributed by atoms with E-state index in [0.717, 1.165) is 10.8 Å². The molecular weight excluding hydrogens is 272 g/mol. The second kappa shape index (κ2) is 6.51. The van der Waals surface area contributed by atoms with E-state index < -0.39 is 11.9 Å². The highest BCUT2D eigenvalue weighted by Crippen LogP contribution is 2.26. The largest absolute Gasteiger partial charge is 0.483 e. The van der Waals surface area contributed by atoms with Crippen molar-refractivity contribution in [2.45, 2.75) is 0 Å². The fraction of sp³-hybridized carbons (Fsp3) is 0.133. The normalized spacial score (nSPS) is 9.95. The van der Waals surface area contributed by atoms with Crippen LogP contribution in [-0.4, -0.2) is 31.9 Å². The molecule has 2 N–H and O–H groups in total. The minimum Gasteiger partial charge on any atom is -0.483 e. The first-order chi connectivity index (χ1) is 10.2. The molecule has 21 heavy (non-hydrogen) atoms. The number of carbonyl (C=O) groups excluding carboxylic acids is 3. The molecule has 108 valence electrons. The summed E-state index contributed by atoms with van der Waals surface area (Å²) in [5.41, 5.74) is 0.376. The molecule has 0 bridgehead atoms. The van der Waals surface area contributed by atoms with E-state index in [9.17, 15) is 14.4 Å². The van der Waals surface area contributed by atoms with Gasteiger partial charge in [-0.1, -0.05) is 30.3 Å². The number of imide groups is 1. The van der Waals surface area contributed by atoms with Crippen molar-refractivity contribution < 1.29 is 19.1 Å². The molecule has 0 spiro atoms. The Bertz CT molecular complexity index is 697. The Labute approximate surface area is 121 Å². The smallest absolute Gasteiger partial charge is 0.321 e. The number of rotatable bonds is 4. The van der Waals surface area contributed by atoms with Crippen molar-refractivity contribution in [2.24, 2.45) is 0 Å². The Morgan fingerprint density at radius 2 is 1.95 bits per heavy atom. The Balaban J connectivity index is 2.17. The van der Waals surface area contributed by atoms with Gasteiger partial charge in [-0.15, -0.1) is 0 Å². The minimum atomic E-state index is -0.613. The number of carbonyl (C=O) groups is 3. The van der Waals surface area contributed by atoms with Crippen LogP contribution < -0.4 is 15.4 Å². The van der Waals surface area contributed by atoms with Crippen molar-refractivity contribution in [2.75, 3.05) is 13.7 Å². The van der Waals surface area contributed by atoms with Gasteiger partial charge in [-0.25, -0.2) is 4.79 Å². The minimum absolute atomic E-state index is 0.302. The summed E-state index contributed by atoms with van der Waals surface area (Å²) >= 11 is 0. The van der Waals surface area contributed by atoms with Crippen molar-refractivity contribution >= 4 is 29.0 Å². The monoisotopic (exact) mass is 286 g/mol. The third-order valence-electron chi connectivity index (χ3n) is 2.89. The number of ether oxygens (including phenoxy) is 1. The third kappa shape index (κ3) is 3.36. The quantitative estimate of drug-likeness (QED) is 0.834. The van der Waals surface area contributed by atoms with E-state index in [1.165, 1.54) is 7.05 Å². The Morgan fingerprint density at radius 3 is 2.67 bits per heavy atom. The van der Waals surface area contributed by atoms with Gasteiger partial charge in [-0.05, 0) is 16.8 Å². The molecule has 3 amide bonds. The van der Waals surface area contributed by atoms with Crippen LogP contribution >= 0.6 is 0 Å². The summed E-state index contributed by atoms with van der Waals surface area (Å²) in [5, 5.41) is 5.98. The lowest BCUT2D eigenvalue weighted by Gasteiger charge is -2.10. The number of hydrogen-bond acceptors (Lipinski definition) is 4. The first kappa shape index (κ1) is 14.5. The first-order valence-corrected chi connectivity index (χ1v) is 6.27. The molecule has 0 saturated heterocycles. The summed E-state index contributed by atoms with van der Waals surface area (Å²) in [4.78, 5) is 33.7. The van der Waals surface area contributed by atoms with Crippen LogP contribution in [0, 0.1) is 0 Å². The van der Waals surface area contributed by atoms with E-state index in [4.69, 9.17) is 4.74 Å². The summed E-state index contributed by atoms with van der Waals surface area (Å²) < 4.78 is 5.32. The molecule has 2 aromatic carbocycles. The van der Waals surface area contributed by atoms with Gasteiger partial charge in [0.2, 0.25) is 0 Å². The second-order valence-electron chi connectivity index (χ2n) is 4.23. The summed E-state index contributed by atoms with van der Waals surface area (Å²) in [6, 6.07) is 10.2. The lowest BCUT2D eigenvalue weighted by molar-refractivity contribution is -0.122. The number of aldehydes is 1. The summed E-state index contributed by atoms with van der Waals surface area (Å²) in [6.45, 7) is -0.355. The molecule has 0 unspecified atom stereocenters. The van der Waals surface area contributed by atoms with Crippen LogP contribution in [0.1, 0.15) is 10.4 Å². The van der Waals surface area contributed by atoms with Gasteiger partial charge in [0.15, 0.2) is 12.9 Å². The van der Waals surface area contributed by atoms with E-state index in [-0.39, 0.29) is 6.61 Å². The molecule has 2 aromatic rings. The van der Waals surface area contributed by atoms with Crippen LogP contribution in [0.4, 0.5) is 4.79 Å². The van der Waals surface area contributed by atoms with E-state index in [0.29, 0.717) is 17.6 Å². The number of urea groups is 1. The number of amides is 3. The molecule has 0 heterocycles. The zero-order chi connectivity index (χ0) is 15.2. The molecule has 2 rings (SSSR count). The van der Waals surface area contributed by atoms with Crippen LogP contribution in [0.5, 0.6) is 5.75 Å². The van der Waals surface area contributed by atoms with Crippen molar-refractivity contribution in [1.29, 1.82) is 0 Å². The predicted octanol–water partition coefficient (Wildman–Crippen LogP) is 1.49. The Hall–Kier alpha value is -2.89. The molecule has 6 nitrogen and oxygen atoms in total. The van der Waals surface area contributed by atoms with Gasteiger partial charge in [0, 0.05) is 7.05 Å². The molecule has 0 saturated carbocycles. The molecule has 0 aliphatic rings. The van der Waals surface area contributed by atoms with E-state index in [2.05, 4.69) is 10.6 Å². The van der Waals surface area contributed by atoms with E-state index >= 15 is 0 Å². The zero-order valence-corrected chi connectivity index (χ0v) is 11.4. The third-order valence-corrected chi connectivity index (χ3v) is 2.89. The van der Waals surface area contributed by atoms with Gasteiger partial charge in [0.05, 0.1) is 5.56 Å². The molecular formula is C15H14N2O4. The number of benzene rings is 2. The topological polar surface area (TPSA) is 84.5 Å². The lowest BCUT2D eigenvalue weighted by atomic mass is 10.0. The summed E-state index contributed by atoms with van der Waals surface area (Å²) in [6.07, 6.45) is 0.689. The SMILES string of the molecule is CNC(=O)NC(=O)COc1ccc2ccccc2c1C=O. The standard InChI is InChI=1S/C15H14N2O4/c1-16-15(20)17-14(19)9-21-13-7-6-10-4-2-3-5-11(10)12(13)8-18/h2-8H,9H2,1H3,(H2,16,17,19,20). The van der Waals surface area contributed by atoms with Crippen LogP contribution in [0.25, 0.3) is 10.8 Å². The fourth-order valence-electron chi connectivity index (χ4n) is 1.89. The maximum atomic E-state index is 11.5. The van der Waals surface area contributed by atoms with Gasteiger partial charge in [-0.2, -0.15) is 0 Å². The van der Waals surface area contributed by atoms with Gasteiger partial charge < -0.3 is 10.1 Å². The van der Waals surface area contributed by atoms with Gasteiger partial charge in [-0.3, -0.25) is 14.9 Å². The molecule has 0 aliphatic heterocycles. The van der Waals surface area contributed by atoms with E-state index in [1.54, 1.807) is 18.2 Å². The lowest BCUT2D eigenvalue weighted by Crippen LogP contribution is -2.40. The highest BCUT2D eigenvalue weighted by molar-refractivity contribution is 6.01. The molecule has 0 aliphatic carbocycles. The summed E-state index contributed by atoms with van der Waals surface area (Å²) in [5.74, 6) is -0.296. The molecule has 6 heteroatoms. The zero-order valence-electron chi connectivity index (χ0n) is 11.4. The highest BCUT2D eigenvalue weighted by atomic mass is 16.5. The predicted molar refractivity (Wildman–Crippen MR) is 77.4 cm³/mol. The average Bonchev–Trinajstić information content (AvgIpc) is 2.52. The number of nitrogens with one attached hydrogen (secondary N) is 2. The Kier molecular flexibility index (Phi) is 4.50. The van der Waals surface area contributed by atoms with Crippen molar-refractivity contribution in [3.05, 3.63) is 42.0 Å².